The summed E-state index contributed by atoms with van der Waals surface area (Å²) in [7, 11) is 0. The predicted molar refractivity (Wildman–Crippen MR) is 67.0 cm³/mol. The fourth-order valence-electron chi connectivity index (χ4n) is 1.65. The van der Waals surface area contributed by atoms with Gasteiger partial charge in [-0.1, -0.05) is 26.3 Å². The second-order valence-electron chi connectivity index (χ2n) is 4.73. The molecule has 1 nitrogen and oxygen atoms in total. The quantitative estimate of drug-likeness (QED) is 0.803. The number of rotatable bonds is 6. The first-order chi connectivity index (χ1) is 8.04. The SMILES string of the molecule is CCC(C)CNC(C)Cc1c(F)cccc1F. The third-order valence-electron chi connectivity index (χ3n) is 3.08. The van der Waals surface area contributed by atoms with E-state index in [0.717, 1.165) is 13.0 Å². The van der Waals surface area contributed by atoms with E-state index in [1.807, 2.05) is 6.92 Å². The van der Waals surface area contributed by atoms with Crippen LogP contribution in [0.2, 0.25) is 0 Å². The maximum Gasteiger partial charge on any atom is 0.129 e. The van der Waals surface area contributed by atoms with Gasteiger partial charge in [-0.15, -0.1) is 0 Å². The molecule has 1 aromatic carbocycles. The summed E-state index contributed by atoms with van der Waals surface area (Å²) < 4.78 is 26.8. The van der Waals surface area contributed by atoms with Crippen molar-refractivity contribution in [3.05, 3.63) is 35.4 Å². The Kier molecular flexibility index (Phi) is 5.56. The van der Waals surface area contributed by atoms with Gasteiger partial charge in [0.05, 0.1) is 0 Å². The van der Waals surface area contributed by atoms with E-state index in [1.54, 1.807) is 0 Å². The first-order valence-corrected chi connectivity index (χ1v) is 6.20. The summed E-state index contributed by atoms with van der Waals surface area (Å²) in [6.07, 6.45) is 1.49. The van der Waals surface area contributed by atoms with Crippen LogP contribution in [0.3, 0.4) is 0 Å². The molecule has 1 rings (SSSR count). The maximum atomic E-state index is 13.4. The van der Waals surface area contributed by atoms with Crippen LogP contribution in [0.5, 0.6) is 0 Å². The van der Waals surface area contributed by atoms with E-state index < -0.39 is 11.6 Å². The summed E-state index contributed by atoms with van der Waals surface area (Å²) in [5.41, 5.74) is 0.177. The van der Waals surface area contributed by atoms with Crippen LogP contribution < -0.4 is 5.32 Å². The highest BCUT2D eigenvalue weighted by atomic mass is 19.1. The van der Waals surface area contributed by atoms with Crippen molar-refractivity contribution in [1.82, 2.24) is 5.32 Å². The van der Waals surface area contributed by atoms with Crippen molar-refractivity contribution in [3.8, 4) is 0 Å². The van der Waals surface area contributed by atoms with E-state index in [1.165, 1.54) is 18.2 Å². The first-order valence-electron chi connectivity index (χ1n) is 6.20. The van der Waals surface area contributed by atoms with Gasteiger partial charge in [-0.05, 0) is 37.9 Å². The fraction of sp³-hybridized carbons (Fsp3) is 0.571. The summed E-state index contributed by atoms with van der Waals surface area (Å²) in [6.45, 7) is 7.12. The molecule has 0 heterocycles. The molecule has 2 atom stereocenters. The normalized spacial score (nSPS) is 14.6. The highest BCUT2D eigenvalue weighted by molar-refractivity contribution is 5.20. The molecule has 3 heteroatoms. The van der Waals surface area contributed by atoms with E-state index in [4.69, 9.17) is 0 Å². The Labute approximate surface area is 102 Å². The van der Waals surface area contributed by atoms with Crippen LogP contribution in [0.4, 0.5) is 8.78 Å². The number of hydrogen-bond acceptors (Lipinski definition) is 1. The number of halogens is 2. The Morgan fingerprint density at radius 1 is 1.18 bits per heavy atom. The molecule has 0 fully saturated rings. The molecule has 1 N–H and O–H groups in total. The van der Waals surface area contributed by atoms with E-state index in [2.05, 4.69) is 19.2 Å². The average molecular weight is 241 g/mol. The second kappa shape index (κ2) is 6.70. The smallest absolute Gasteiger partial charge is 0.129 e. The van der Waals surface area contributed by atoms with Gasteiger partial charge in [-0.2, -0.15) is 0 Å². The second-order valence-corrected chi connectivity index (χ2v) is 4.73. The zero-order valence-electron chi connectivity index (χ0n) is 10.8. The minimum Gasteiger partial charge on any atom is -0.314 e. The van der Waals surface area contributed by atoms with Crippen molar-refractivity contribution in [3.63, 3.8) is 0 Å². The molecule has 96 valence electrons. The van der Waals surface area contributed by atoms with Gasteiger partial charge in [-0.25, -0.2) is 8.78 Å². The number of hydrogen-bond donors (Lipinski definition) is 1. The molecule has 0 spiro atoms. The monoisotopic (exact) mass is 241 g/mol. The lowest BCUT2D eigenvalue weighted by molar-refractivity contribution is 0.441. The van der Waals surface area contributed by atoms with Crippen LogP contribution in [0.1, 0.15) is 32.8 Å². The van der Waals surface area contributed by atoms with Crippen LogP contribution in [0.15, 0.2) is 18.2 Å². The van der Waals surface area contributed by atoms with Crippen LogP contribution >= 0.6 is 0 Å². The fourth-order valence-corrected chi connectivity index (χ4v) is 1.65. The molecule has 0 saturated carbocycles. The number of nitrogens with one attached hydrogen (secondary N) is 1. The van der Waals surface area contributed by atoms with Gasteiger partial charge in [0.2, 0.25) is 0 Å². The van der Waals surface area contributed by atoms with Crippen LogP contribution in [-0.4, -0.2) is 12.6 Å². The minimum absolute atomic E-state index is 0.0791. The third kappa shape index (κ3) is 4.43. The summed E-state index contributed by atoms with van der Waals surface area (Å²) in [4.78, 5) is 0. The predicted octanol–water partition coefficient (Wildman–Crippen LogP) is 3.53. The molecule has 0 aliphatic carbocycles. The number of benzene rings is 1. The van der Waals surface area contributed by atoms with Gasteiger partial charge >= 0.3 is 0 Å². The van der Waals surface area contributed by atoms with Crippen molar-refractivity contribution in [2.24, 2.45) is 5.92 Å². The molecule has 0 radical (unpaired) electrons. The van der Waals surface area contributed by atoms with E-state index in [9.17, 15) is 8.78 Å². The summed E-state index contributed by atoms with van der Waals surface area (Å²) >= 11 is 0. The Morgan fingerprint density at radius 3 is 2.29 bits per heavy atom. The van der Waals surface area contributed by atoms with E-state index in [-0.39, 0.29) is 11.6 Å². The van der Waals surface area contributed by atoms with Crippen LogP contribution in [-0.2, 0) is 6.42 Å². The highest BCUT2D eigenvalue weighted by Gasteiger charge is 2.12. The Bertz CT molecular complexity index is 332. The molecule has 2 unspecified atom stereocenters. The maximum absolute atomic E-state index is 13.4. The Hall–Kier alpha value is -0.960. The molecule has 0 bridgehead atoms. The molecule has 0 amide bonds. The minimum atomic E-state index is -0.456. The molecule has 1 aromatic rings. The van der Waals surface area contributed by atoms with Gasteiger partial charge in [0.25, 0.3) is 0 Å². The zero-order valence-corrected chi connectivity index (χ0v) is 10.8. The standard InChI is InChI=1S/C14H21F2N/c1-4-10(2)9-17-11(3)8-12-13(15)6-5-7-14(12)16/h5-7,10-11,17H,4,8-9H2,1-3H3. The molecule has 17 heavy (non-hydrogen) atoms. The highest BCUT2D eigenvalue weighted by Crippen LogP contribution is 2.14. The zero-order chi connectivity index (χ0) is 12.8. The summed E-state index contributed by atoms with van der Waals surface area (Å²) in [5, 5.41) is 3.30. The van der Waals surface area contributed by atoms with E-state index >= 15 is 0 Å². The molecular formula is C14H21F2N. The molecule has 0 aromatic heterocycles. The Morgan fingerprint density at radius 2 is 1.76 bits per heavy atom. The summed E-state index contributed by atoms with van der Waals surface area (Å²) in [5.74, 6) is -0.327. The lowest BCUT2D eigenvalue weighted by Gasteiger charge is -2.17. The average Bonchev–Trinajstić information content (AvgIpc) is 2.31. The summed E-state index contributed by atoms with van der Waals surface area (Å²) in [6, 6.07) is 4.08. The van der Waals surface area contributed by atoms with Crippen molar-refractivity contribution >= 4 is 0 Å². The van der Waals surface area contributed by atoms with Gasteiger partial charge in [-0.3, -0.25) is 0 Å². The third-order valence-corrected chi connectivity index (χ3v) is 3.08. The largest absolute Gasteiger partial charge is 0.314 e. The van der Waals surface area contributed by atoms with Crippen molar-refractivity contribution in [2.75, 3.05) is 6.54 Å². The lowest BCUT2D eigenvalue weighted by atomic mass is 10.0. The van der Waals surface area contributed by atoms with Gasteiger partial charge < -0.3 is 5.32 Å². The van der Waals surface area contributed by atoms with Crippen molar-refractivity contribution in [2.45, 2.75) is 39.7 Å². The van der Waals surface area contributed by atoms with Crippen molar-refractivity contribution < 1.29 is 8.78 Å². The molecular weight excluding hydrogens is 220 g/mol. The molecule has 0 aliphatic rings. The van der Waals surface area contributed by atoms with Crippen LogP contribution in [0.25, 0.3) is 0 Å². The lowest BCUT2D eigenvalue weighted by Crippen LogP contribution is -2.32. The first kappa shape index (κ1) is 14.1. The van der Waals surface area contributed by atoms with Gasteiger partial charge in [0.1, 0.15) is 11.6 Å². The van der Waals surface area contributed by atoms with E-state index in [0.29, 0.717) is 12.3 Å². The molecule has 0 saturated heterocycles. The van der Waals surface area contributed by atoms with Gasteiger partial charge in [0, 0.05) is 11.6 Å². The Balaban J connectivity index is 2.53. The van der Waals surface area contributed by atoms with Crippen LogP contribution in [0, 0.1) is 17.6 Å². The van der Waals surface area contributed by atoms with Gasteiger partial charge in [0.15, 0.2) is 0 Å². The molecule has 0 aliphatic heterocycles. The van der Waals surface area contributed by atoms with Crippen molar-refractivity contribution in [1.29, 1.82) is 0 Å². The topological polar surface area (TPSA) is 12.0 Å².